The third-order valence-electron chi connectivity index (χ3n) is 5.12. The van der Waals surface area contributed by atoms with E-state index in [1.807, 2.05) is 30.3 Å². The van der Waals surface area contributed by atoms with Crippen LogP contribution in [0.2, 0.25) is 0 Å². The predicted octanol–water partition coefficient (Wildman–Crippen LogP) is 3.56. The number of fused-ring (bicyclic) bond motifs is 1. The minimum absolute atomic E-state index is 0.101. The highest BCUT2D eigenvalue weighted by Gasteiger charge is 2.26. The van der Waals surface area contributed by atoms with Crippen LogP contribution in [-0.2, 0) is 17.9 Å². The number of carbonyl (C=O) groups is 2. The van der Waals surface area contributed by atoms with Crippen molar-refractivity contribution in [2.24, 2.45) is 0 Å². The molecule has 0 bridgehead atoms. The van der Waals surface area contributed by atoms with E-state index in [9.17, 15) is 18.4 Å². The summed E-state index contributed by atoms with van der Waals surface area (Å²) in [5, 5.41) is 5.46. The molecular formula is C23H20F2N4O2. The van der Waals surface area contributed by atoms with Crippen molar-refractivity contribution in [3.8, 4) is 0 Å². The fourth-order valence-corrected chi connectivity index (χ4v) is 3.40. The Morgan fingerprint density at radius 3 is 2.74 bits per heavy atom. The maximum Gasteiger partial charge on any atom is 0.253 e. The number of carbonyl (C=O) groups excluding carboxylic acids is 2. The van der Waals surface area contributed by atoms with Crippen LogP contribution in [0.4, 0.5) is 20.3 Å². The van der Waals surface area contributed by atoms with Gasteiger partial charge < -0.3 is 15.5 Å². The molecule has 0 fully saturated rings. The van der Waals surface area contributed by atoms with Gasteiger partial charge in [0.1, 0.15) is 11.6 Å². The van der Waals surface area contributed by atoms with Crippen molar-refractivity contribution in [3.63, 3.8) is 0 Å². The Labute approximate surface area is 177 Å². The zero-order chi connectivity index (χ0) is 22.0. The molecule has 1 aliphatic heterocycles. The molecule has 2 aromatic carbocycles. The van der Waals surface area contributed by atoms with Crippen LogP contribution < -0.4 is 15.5 Å². The molecule has 31 heavy (non-hydrogen) atoms. The molecule has 6 nitrogen and oxygen atoms in total. The van der Waals surface area contributed by atoms with E-state index in [1.54, 1.807) is 11.0 Å². The van der Waals surface area contributed by atoms with Gasteiger partial charge in [0.25, 0.3) is 5.91 Å². The second kappa shape index (κ2) is 8.51. The van der Waals surface area contributed by atoms with Gasteiger partial charge in [-0.3, -0.25) is 9.59 Å². The number of aryl methyl sites for hydroxylation is 1. The number of rotatable bonds is 5. The van der Waals surface area contributed by atoms with Gasteiger partial charge in [0, 0.05) is 18.3 Å². The van der Waals surface area contributed by atoms with Crippen molar-refractivity contribution in [1.29, 1.82) is 0 Å². The molecule has 1 aromatic heterocycles. The zero-order valence-corrected chi connectivity index (χ0v) is 16.8. The van der Waals surface area contributed by atoms with Crippen LogP contribution in [-0.4, -0.2) is 23.3 Å². The fraction of sp³-hybridized carbons (Fsp3) is 0.174. The molecule has 2 amide bonds. The molecule has 8 heteroatoms. The highest BCUT2D eigenvalue weighted by molar-refractivity contribution is 6.04. The van der Waals surface area contributed by atoms with Crippen LogP contribution in [0.25, 0.3) is 0 Å². The molecule has 0 atom stereocenters. The maximum atomic E-state index is 14.2. The summed E-state index contributed by atoms with van der Waals surface area (Å²) in [7, 11) is 0. The Kier molecular flexibility index (Phi) is 5.62. The standard InChI is InChI=1S/C23H20F2N4O2/c1-14-7-8-18(24)17(21(14)25)11-28-23(31)16-9-19-22(26-10-16)27-12-20(30)29(19)13-15-5-3-2-4-6-15/h2-10H,11-13H2,1H3,(H,26,27)(H,28,31). The monoisotopic (exact) mass is 422 g/mol. The maximum absolute atomic E-state index is 14.2. The van der Waals surface area contributed by atoms with Crippen LogP contribution in [0.15, 0.2) is 54.7 Å². The van der Waals surface area contributed by atoms with Crippen LogP contribution in [0.1, 0.15) is 27.0 Å². The van der Waals surface area contributed by atoms with E-state index in [2.05, 4.69) is 15.6 Å². The molecule has 0 spiro atoms. The normalized spacial score (nSPS) is 12.9. The number of benzene rings is 2. The van der Waals surface area contributed by atoms with Crippen molar-refractivity contribution in [2.75, 3.05) is 16.8 Å². The molecule has 158 valence electrons. The second-order valence-corrected chi connectivity index (χ2v) is 7.25. The Morgan fingerprint density at radius 2 is 1.97 bits per heavy atom. The van der Waals surface area contributed by atoms with Gasteiger partial charge in [0.2, 0.25) is 5.91 Å². The average Bonchev–Trinajstić information content (AvgIpc) is 2.78. The number of hydrogen-bond donors (Lipinski definition) is 2. The van der Waals surface area contributed by atoms with E-state index in [1.165, 1.54) is 25.3 Å². The van der Waals surface area contributed by atoms with E-state index in [4.69, 9.17) is 0 Å². The smallest absolute Gasteiger partial charge is 0.253 e. The summed E-state index contributed by atoms with van der Waals surface area (Å²) in [6.45, 7) is 1.66. The number of hydrogen-bond acceptors (Lipinski definition) is 4. The van der Waals surface area contributed by atoms with Gasteiger partial charge in [-0.2, -0.15) is 0 Å². The molecule has 1 aliphatic rings. The molecule has 2 heterocycles. The molecule has 0 aliphatic carbocycles. The summed E-state index contributed by atoms with van der Waals surface area (Å²) in [6, 6.07) is 13.5. The second-order valence-electron chi connectivity index (χ2n) is 7.25. The number of anilines is 2. The van der Waals surface area contributed by atoms with Gasteiger partial charge in [0.15, 0.2) is 5.82 Å². The largest absolute Gasteiger partial charge is 0.359 e. The summed E-state index contributed by atoms with van der Waals surface area (Å²) in [5.74, 6) is -1.63. The lowest BCUT2D eigenvalue weighted by molar-refractivity contribution is -0.117. The van der Waals surface area contributed by atoms with Crippen molar-refractivity contribution in [1.82, 2.24) is 10.3 Å². The lowest BCUT2D eigenvalue weighted by Crippen LogP contribution is -2.40. The van der Waals surface area contributed by atoms with Gasteiger partial charge >= 0.3 is 0 Å². The first-order valence-electron chi connectivity index (χ1n) is 9.74. The van der Waals surface area contributed by atoms with Gasteiger partial charge in [-0.05, 0) is 30.2 Å². The van der Waals surface area contributed by atoms with Crippen LogP contribution in [0, 0.1) is 18.6 Å². The summed E-state index contributed by atoms with van der Waals surface area (Å²) in [5.41, 5.74) is 1.68. The van der Waals surface area contributed by atoms with Gasteiger partial charge in [-0.1, -0.05) is 36.4 Å². The summed E-state index contributed by atoms with van der Waals surface area (Å²) >= 11 is 0. The van der Waals surface area contributed by atoms with Crippen molar-refractivity contribution in [3.05, 3.63) is 88.6 Å². The minimum Gasteiger partial charge on any atom is -0.359 e. The molecular weight excluding hydrogens is 402 g/mol. The first-order chi connectivity index (χ1) is 14.9. The first-order valence-corrected chi connectivity index (χ1v) is 9.74. The number of nitrogens with one attached hydrogen (secondary N) is 2. The zero-order valence-electron chi connectivity index (χ0n) is 16.8. The molecule has 3 aromatic rings. The third kappa shape index (κ3) is 4.23. The number of pyridine rings is 1. The summed E-state index contributed by atoms with van der Waals surface area (Å²) in [4.78, 5) is 31.0. The Bertz CT molecular complexity index is 1150. The number of amides is 2. The summed E-state index contributed by atoms with van der Waals surface area (Å²) in [6.07, 6.45) is 1.36. The molecule has 4 rings (SSSR count). The van der Waals surface area contributed by atoms with Crippen LogP contribution >= 0.6 is 0 Å². The third-order valence-corrected chi connectivity index (χ3v) is 5.12. The minimum atomic E-state index is -0.726. The van der Waals surface area contributed by atoms with Crippen molar-refractivity contribution >= 4 is 23.3 Å². The molecule has 0 saturated heterocycles. The number of nitrogens with zero attached hydrogens (tertiary/aromatic N) is 2. The van der Waals surface area contributed by atoms with E-state index < -0.39 is 17.5 Å². The van der Waals surface area contributed by atoms with Crippen LogP contribution in [0.3, 0.4) is 0 Å². The highest BCUT2D eigenvalue weighted by atomic mass is 19.1. The van der Waals surface area contributed by atoms with E-state index >= 15 is 0 Å². The lowest BCUT2D eigenvalue weighted by atomic mass is 10.1. The van der Waals surface area contributed by atoms with E-state index in [0.29, 0.717) is 23.6 Å². The van der Waals surface area contributed by atoms with E-state index in [0.717, 1.165) is 5.56 Å². The first kappa shape index (κ1) is 20.5. The molecule has 0 unspecified atom stereocenters. The SMILES string of the molecule is Cc1ccc(F)c(CNC(=O)c2cnc3c(c2)N(Cc2ccccc2)C(=O)CN3)c1F. The van der Waals surface area contributed by atoms with Gasteiger partial charge in [-0.15, -0.1) is 0 Å². The lowest BCUT2D eigenvalue weighted by Gasteiger charge is -2.29. The Balaban J connectivity index is 1.56. The van der Waals surface area contributed by atoms with Crippen LogP contribution in [0.5, 0.6) is 0 Å². The highest BCUT2D eigenvalue weighted by Crippen LogP contribution is 2.30. The fourth-order valence-electron chi connectivity index (χ4n) is 3.40. The summed E-state index contributed by atoms with van der Waals surface area (Å²) < 4.78 is 28.1. The van der Waals surface area contributed by atoms with Crippen molar-refractivity contribution < 1.29 is 18.4 Å². The predicted molar refractivity (Wildman–Crippen MR) is 113 cm³/mol. The molecule has 2 N–H and O–H groups in total. The van der Waals surface area contributed by atoms with Gasteiger partial charge in [-0.25, -0.2) is 13.8 Å². The van der Waals surface area contributed by atoms with E-state index in [-0.39, 0.29) is 30.1 Å². The Hall–Kier alpha value is -3.81. The topological polar surface area (TPSA) is 74.3 Å². The number of aromatic nitrogens is 1. The molecule has 0 saturated carbocycles. The quantitative estimate of drug-likeness (QED) is 0.660. The molecule has 0 radical (unpaired) electrons. The number of halogens is 2. The Morgan fingerprint density at radius 1 is 1.19 bits per heavy atom. The van der Waals surface area contributed by atoms with Crippen molar-refractivity contribution in [2.45, 2.75) is 20.0 Å². The average molecular weight is 422 g/mol. The van der Waals surface area contributed by atoms with Gasteiger partial charge in [0.05, 0.1) is 24.3 Å².